The number of aryl methyl sites for hydroxylation is 3. The second kappa shape index (κ2) is 8.73. The van der Waals surface area contributed by atoms with E-state index in [0.717, 1.165) is 16.5 Å². The van der Waals surface area contributed by atoms with Crippen LogP contribution < -0.4 is 10.2 Å². The molecular formula is C29H30N4S. The molecule has 1 aliphatic rings. The fourth-order valence-electron chi connectivity index (χ4n) is 5.16. The predicted octanol–water partition coefficient (Wildman–Crippen LogP) is 6.59. The Bertz CT molecular complexity index is 1370. The van der Waals surface area contributed by atoms with Gasteiger partial charge in [0.15, 0.2) is 5.11 Å². The average molecular weight is 467 g/mol. The Morgan fingerprint density at radius 1 is 0.882 bits per heavy atom. The summed E-state index contributed by atoms with van der Waals surface area (Å²) in [5.74, 6) is 0. The first-order chi connectivity index (χ1) is 16.4. The minimum absolute atomic E-state index is 0.0192. The first kappa shape index (κ1) is 22.4. The fourth-order valence-corrected chi connectivity index (χ4v) is 5.51. The van der Waals surface area contributed by atoms with Crippen LogP contribution in [-0.4, -0.2) is 14.7 Å². The highest BCUT2D eigenvalue weighted by molar-refractivity contribution is 7.80. The van der Waals surface area contributed by atoms with Crippen LogP contribution in [0.4, 0.5) is 5.69 Å². The van der Waals surface area contributed by atoms with Gasteiger partial charge in [0.25, 0.3) is 0 Å². The van der Waals surface area contributed by atoms with Gasteiger partial charge in [0, 0.05) is 29.0 Å². The normalized spacial score (nSPS) is 17.8. The van der Waals surface area contributed by atoms with E-state index in [4.69, 9.17) is 17.2 Å². The van der Waals surface area contributed by atoms with E-state index in [1.807, 2.05) is 18.3 Å². The third kappa shape index (κ3) is 3.70. The van der Waals surface area contributed by atoms with Crippen molar-refractivity contribution in [2.75, 3.05) is 4.90 Å². The van der Waals surface area contributed by atoms with Gasteiger partial charge in [0.1, 0.15) is 0 Å². The van der Waals surface area contributed by atoms with Gasteiger partial charge < -0.3 is 14.8 Å². The van der Waals surface area contributed by atoms with E-state index in [2.05, 4.69) is 104 Å². The molecule has 1 aliphatic heterocycles. The molecule has 1 saturated heterocycles. The smallest absolute Gasteiger partial charge is 0.174 e. The number of aromatic nitrogens is 2. The third-order valence-corrected chi connectivity index (χ3v) is 7.30. The van der Waals surface area contributed by atoms with Crippen molar-refractivity contribution >= 4 is 23.0 Å². The molecule has 0 aliphatic carbocycles. The van der Waals surface area contributed by atoms with E-state index >= 15 is 0 Å². The minimum Gasteiger partial charge on any atom is -0.351 e. The van der Waals surface area contributed by atoms with Crippen molar-refractivity contribution in [1.82, 2.24) is 14.9 Å². The zero-order valence-electron chi connectivity index (χ0n) is 20.3. The van der Waals surface area contributed by atoms with Gasteiger partial charge in [-0.25, -0.2) is 0 Å². The van der Waals surface area contributed by atoms with Crippen molar-refractivity contribution < 1.29 is 0 Å². The standard InChI is InChI=1S/C29H30N4S/c1-18-10-8-12-23(16-18)33-28(27(31-29(33)34)25-13-6-7-15-30-25)24-17-20(3)32(22(24)5)26-14-9-11-19(2)21(26)4/h6-17,27-28H,1-5H3,(H,31,34)/t27-,28-/m1/s1. The number of anilines is 1. The molecule has 2 aromatic heterocycles. The van der Waals surface area contributed by atoms with Crippen molar-refractivity contribution in [1.29, 1.82) is 0 Å². The highest BCUT2D eigenvalue weighted by Crippen LogP contribution is 2.44. The van der Waals surface area contributed by atoms with Gasteiger partial charge in [-0.05, 0) is 105 Å². The average Bonchev–Trinajstić information content (AvgIpc) is 3.32. The van der Waals surface area contributed by atoms with E-state index in [-0.39, 0.29) is 12.1 Å². The van der Waals surface area contributed by atoms with Crippen molar-refractivity contribution in [2.45, 2.75) is 46.7 Å². The molecule has 5 heteroatoms. The van der Waals surface area contributed by atoms with Crippen LogP contribution in [0.3, 0.4) is 0 Å². The Balaban J connectivity index is 1.71. The first-order valence-corrected chi connectivity index (χ1v) is 12.1. The second-order valence-electron chi connectivity index (χ2n) is 9.22. The quantitative estimate of drug-likeness (QED) is 0.344. The molecular weight excluding hydrogens is 436 g/mol. The van der Waals surface area contributed by atoms with Gasteiger partial charge in [-0.2, -0.15) is 0 Å². The van der Waals surface area contributed by atoms with Crippen LogP contribution in [0.1, 0.15) is 51.4 Å². The van der Waals surface area contributed by atoms with Crippen LogP contribution in [0.25, 0.3) is 5.69 Å². The lowest BCUT2D eigenvalue weighted by Crippen LogP contribution is -2.29. The molecule has 1 N–H and O–H groups in total. The number of thiocarbonyl (C=S) groups is 1. The molecule has 4 nitrogen and oxygen atoms in total. The summed E-state index contributed by atoms with van der Waals surface area (Å²) in [4.78, 5) is 6.96. The molecule has 2 aromatic carbocycles. The maximum Gasteiger partial charge on any atom is 0.174 e. The third-order valence-electron chi connectivity index (χ3n) is 6.98. The molecule has 1 fully saturated rings. The van der Waals surface area contributed by atoms with Gasteiger partial charge in [0.2, 0.25) is 0 Å². The molecule has 2 atom stereocenters. The van der Waals surface area contributed by atoms with Gasteiger partial charge in [-0.15, -0.1) is 0 Å². The van der Waals surface area contributed by atoms with Crippen LogP contribution in [0.5, 0.6) is 0 Å². The Morgan fingerprint density at radius 2 is 1.68 bits per heavy atom. The number of benzene rings is 2. The van der Waals surface area contributed by atoms with Crippen LogP contribution in [0.15, 0.2) is 72.9 Å². The Labute approximate surface area is 207 Å². The summed E-state index contributed by atoms with van der Waals surface area (Å²) in [6, 6.07) is 23.4. The monoisotopic (exact) mass is 466 g/mol. The van der Waals surface area contributed by atoms with Crippen molar-refractivity contribution in [3.63, 3.8) is 0 Å². The van der Waals surface area contributed by atoms with Gasteiger partial charge in [-0.3, -0.25) is 4.98 Å². The molecule has 4 aromatic rings. The van der Waals surface area contributed by atoms with Crippen LogP contribution in [0.2, 0.25) is 0 Å². The number of nitrogens with zero attached hydrogens (tertiary/aromatic N) is 3. The Morgan fingerprint density at radius 3 is 2.41 bits per heavy atom. The highest BCUT2D eigenvalue weighted by Gasteiger charge is 2.42. The van der Waals surface area contributed by atoms with Crippen molar-refractivity contribution in [2.24, 2.45) is 0 Å². The molecule has 3 heterocycles. The lowest BCUT2D eigenvalue weighted by atomic mass is 9.96. The molecule has 0 unspecified atom stereocenters. The van der Waals surface area contributed by atoms with Gasteiger partial charge >= 0.3 is 0 Å². The molecule has 0 spiro atoms. The molecule has 0 saturated carbocycles. The second-order valence-corrected chi connectivity index (χ2v) is 9.60. The largest absolute Gasteiger partial charge is 0.351 e. The van der Waals surface area contributed by atoms with Gasteiger partial charge in [-0.1, -0.05) is 30.3 Å². The van der Waals surface area contributed by atoms with E-state index in [1.165, 1.54) is 39.3 Å². The minimum atomic E-state index is -0.0539. The zero-order valence-corrected chi connectivity index (χ0v) is 21.1. The van der Waals surface area contributed by atoms with E-state index in [0.29, 0.717) is 0 Å². The van der Waals surface area contributed by atoms with Crippen molar-refractivity contribution in [3.8, 4) is 5.69 Å². The summed E-state index contributed by atoms with van der Waals surface area (Å²) in [6.45, 7) is 10.9. The summed E-state index contributed by atoms with van der Waals surface area (Å²) in [6.07, 6.45) is 1.85. The molecule has 0 amide bonds. The van der Waals surface area contributed by atoms with Gasteiger partial charge in [0.05, 0.1) is 17.8 Å². The van der Waals surface area contributed by atoms with Crippen molar-refractivity contribution in [3.05, 3.63) is 112 Å². The number of pyridine rings is 1. The van der Waals surface area contributed by atoms with Crippen LogP contribution in [0, 0.1) is 34.6 Å². The molecule has 0 bridgehead atoms. The SMILES string of the molecule is Cc1cccc(N2C(=S)N[C@H](c3ccccn3)[C@H]2c2cc(C)n(-c3cccc(C)c3C)c2C)c1. The van der Waals surface area contributed by atoms with Crippen LogP contribution in [-0.2, 0) is 0 Å². The summed E-state index contributed by atoms with van der Waals surface area (Å²) in [5, 5.41) is 4.31. The fraction of sp³-hybridized carbons (Fsp3) is 0.241. The molecule has 5 rings (SSSR count). The van der Waals surface area contributed by atoms with Crippen LogP contribution >= 0.6 is 12.2 Å². The molecule has 172 valence electrons. The zero-order chi connectivity index (χ0) is 24.0. The number of hydrogen-bond acceptors (Lipinski definition) is 2. The number of nitrogens with one attached hydrogen (secondary N) is 1. The maximum absolute atomic E-state index is 5.91. The first-order valence-electron chi connectivity index (χ1n) is 11.7. The topological polar surface area (TPSA) is 33.1 Å². The Hall–Kier alpha value is -3.44. The lowest BCUT2D eigenvalue weighted by molar-refractivity contribution is 0.565. The number of rotatable bonds is 4. The summed E-state index contributed by atoms with van der Waals surface area (Å²) >= 11 is 5.91. The molecule has 34 heavy (non-hydrogen) atoms. The lowest BCUT2D eigenvalue weighted by Gasteiger charge is -2.28. The summed E-state index contributed by atoms with van der Waals surface area (Å²) in [5.41, 5.74) is 10.8. The maximum atomic E-state index is 5.91. The molecule has 0 radical (unpaired) electrons. The van der Waals surface area contributed by atoms with E-state index < -0.39 is 0 Å². The van der Waals surface area contributed by atoms with E-state index in [1.54, 1.807) is 0 Å². The predicted molar refractivity (Wildman–Crippen MR) is 144 cm³/mol. The number of hydrogen-bond donors (Lipinski definition) is 1. The highest BCUT2D eigenvalue weighted by atomic mass is 32.1. The summed E-state index contributed by atoms with van der Waals surface area (Å²) in [7, 11) is 0. The van der Waals surface area contributed by atoms with E-state index in [9.17, 15) is 0 Å². The summed E-state index contributed by atoms with van der Waals surface area (Å²) < 4.78 is 2.38. The Kier molecular flexibility index (Phi) is 5.74.